The minimum Gasteiger partial charge on any atom is -0.497 e. The molecule has 0 bridgehead atoms. The third-order valence-corrected chi connectivity index (χ3v) is 5.02. The Balaban J connectivity index is 2.15. The number of carbonyl (C=O) groups excluding carboxylic acids is 1. The Morgan fingerprint density at radius 3 is 2.60 bits per heavy atom. The molecule has 2 rings (SSSR count). The first-order valence-electron chi connectivity index (χ1n) is 8.01. The summed E-state index contributed by atoms with van der Waals surface area (Å²) in [6, 6.07) is 12.9. The third-order valence-electron chi connectivity index (χ3n) is 3.56. The molecule has 0 unspecified atom stereocenters. The summed E-state index contributed by atoms with van der Waals surface area (Å²) in [5, 5.41) is 2.73. The van der Waals surface area contributed by atoms with Gasteiger partial charge in [-0.05, 0) is 36.8 Å². The van der Waals surface area contributed by atoms with E-state index in [-0.39, 0.29) is 16.4 Å². The van der Waals surface area contributed by atoms with Crippen molar-refractivity contribution in [3.8, 4) is 5.75 Å². The summed E-state index contributed by atoms with van der Waals surface area (Å²) in [4.78, 5) is 12.5. The van der Waals surface area contributed by atoms with Crippen molar-refractivity contribution in [1.82, 2.24) is 4.72 Å². The van der Waals surface area contributed by atoms with Crippen LogP contribution in [0.25, 0.3) is 0 Å². The molecule has 0 aliphatic rings. The third kappa shape index (κ3) is 5.30. The number of methoxy groups -OCH3 is 1. The molecule has 0 saturated heterocycles. The van der Waals surface area contributed by atoms with Crippen LogP contribution in [0, 0.1) is 0 Å². The molecule has 0 atom stereocenters. The van der Waals surface area contributed by atoms with Crippen molar-refractivity contribution in [2.45, 2.75) is 24.7 Å². The molecule has 1 amide bonds. The monoisotopic (exact) mass is 362 g/mol. The fourth-order valence-corrected chi connectivity index (χ4v) is 3.29. The maximum atomic E-state index is 12.4. The normalized spacial score (nSPS) is 11.1. The predicted molar refractivity (Wildman–Crippen MR) is 97.5 cm³/mol. The molecule has 0 aromatic heterocycles. The molecule has 6 nitrogen and oxygen atoms in total. The Hall–Kier alpha value is -2.38. The lowest BCUT2D eigenvalue weighted by Gasteiger charge is -2.09. The van der Waals surface area contributed by atoms with Gasteiger partial charge in [0.25, 0.3) is 5.91 Å². The molecule has 0 saturated carbocycles. The molecule has 2 aromatic rings. The van der Waals surface area contributed by atoms with Gasteiger partial charge in [-0.1, -0.05) is 25.5 Å². The number of hydrogen-bond donors (Lipinski definition) is 2. The molecular weight excluding hydrogens is 340 g/mol. The summed E-state index contributed by atoms with van der Waals surface area (Å²) >= 11 is 0. The highest BCUT2D eigenvalue weighted by Crippen LogP contribution is 2.18. The molecular formula is C18H22N2O4S. The van der Waals surface area contributed by atoms with Gasteiger partial charge in [-0.15, -0.1) is 0 Å². The molecule has 0 heterocycles. The van der Waals surface area contributed by atoms with E-state index in [2.05, 4.69) is 10.0 Å². The van der Waals surface area contributed by atoms with Crippen molar-refractivity contribution < 1.29 is 17.9 Å². The molecule has 2 N–H and O–H groups in total. The van der Waals surface area contributed by atoms with E-state index in [1.807, 2.05) is 6.92 Å². The van der Waals surface area contributed by atoms with E-state index in [0.29, 0.717) is 18.0 Å². The molecule has 0 aliphatic carbocycles. The second-order valence-corrected chi connectivity index (χ2v) is 7.23. The minimum atomic E-state index is -3.62. The van der Waals surface area contributed by atoms with Crippen LogP contribution in [0.2, 0.25) is 0 Å². The number of unbranched alkanes of at least 4 members (excludes halogenated alkanes) is 1. The van der Waals surface area contributed by atoms with Crippen molar-refractivity contribution in [3.05, 3.63) is 54.1 Å². The fourth-order valence-electron chi connectivity index (χ4n) is 2.18. The summed E-state index contributed by atoms with van der Waals surface area (Å²) in [5.74, 6) is 0.230. The number of carbonyl (C=O) groups is 1. The number of benzene rings is 2. The first kappa shape index (κ1) is 19.0. The summed E-state index contributed by atoms with van der Waals surface area (Å²) in [5.41, 5.74) is 0.833. The lowest BCUT2D eigenvalue weighted by Crippen LogP contribution is -2.25. The molecule has 0 radical (unpaired) electrons. The highest BCUT2D eigenvalue weighted by Gasteiger charge is 2.16. The first-order chi connectivity index (χ1) is 12.0. The molecule has 2 aromatic carbocycles. The predicted octanol–water partition coefficient (Wildman–Crippen LogP) is 3.03. The highest BCUT2D eigenvalue weighted by atomic mass is 32.2. The number of anilines is 1. The van der Waals surface area contributed by atoms with E-state index >= 15 is 0 Å². The quantitative estimate of drug-likeness (QED) is 0.707. The van der Waals surface area contributed by atoms with Gasteiger partial charge in [0.2, 0.25) is 10.0 Å². The van der Waals surface area contributed by atoms with Crippen LogP contribution in [0.1, 0.15) is 30.1 Å². The topological polar surface area (TPSA) is 84.5 Å². The van der Waals surface area contributed by atoms with Crippen LogP contribution in [0.4, 0.5) is 5.69 Å². The second-order valence-electron chi connectivity index (χ2n) is 5.47. The standard InChI is InChI=1S/C18H22N2O4S/c1-3-4-11-19-25(22,23)17-10-5-7-14(12-17)18(21)20-15-8-6-9-16(13-15)24-2/h5-10,12-13,19H,3-4,11H2,1-2H3,(H,20,21). The number of nitrogens with one attached hydrogen (secondary N) is 2. The summed E-state index contributed by atoms with van der Waals surface area (Å²) in [7, 11) is -2.08. The Morgan fingerprint density at radius 1 is 1.12 bits per heavy atom. The molecule has 0 spiro atoms. The van der Waals surface area contributed by atoms with Crippen molar-refractivity contribution in [2.75, 3.05) is 19.0 Å². The lowest BCUT2D eigenvalue weighted by molar-refractivity contribution is 0.102. The maximum absolute atomic E-state index is 12.4. The van der Waals surface area contributed by atoms with E-state index < -0.39 is 10.0 Å². The second kappa shape index (κ2) is 8.64. The van der Waals surface area contributed by atoms with Crippen molar-refractivity contribution in [3.63, 3.8) is 0 Å². The zero-order valence-corrected chi connectivity index (χ0v) is 15.1. The lowest BCUT2D eigenvalue weighted by atomic mass is 10.2. The van der Waals surface area contributed by atoms with Crippen LogP contribution >= 0.6 is 0 Å². The molecule has 25 heavy (non-hydrogen) atoms. The number of amides is 1. The number of rotatable bonds is 8. The van der Waals surface area contributed by atoms with E-state index in [4.69, 9.17) is 4.74 Å². The van der Waals surface area contributed by atoms with Gasteiger partial charge in [0.15, 0.2) is 0 Å². The van der Waals surface area contributed by atoms with Crippen molar-refractivity contribution in [2.24, 2.45) is 0 Å². The van der Waals surface area contributed by atoms with E-state index in [1.54, 1.807) is 43.5 Å². The molecule has 134 valence electrons. The number of hydrogen-bond acceptors (Lipinski definition) is 4. The van der Waals surface area contributed by atoms with Gasteiger partial charge in [-0.2, -0.15) is 0 Å². The summed E-state index contributed by atoms with van der Waals surface area (Å²) < 4.78 is 32.2. The van der Waals surface area contributed by atoms with Gasteiger partial charge in [0.05, 0.1) is 12.0 Å². The van der Waals surface area contributed by atoms with Gasteiger partial charge in [0.1, 0.15) is 5.75 Å². The van der Waals surface area contributed by atoms with Gasteiger partial charge < -0.3 is 10.1 Å². The number of sulfonamides is 1. The van der Waals surface area contributed by atoms with Crippen LogP contribution in [-0.4, -0.2) is 28.0 Å². The van der Waals surface area contributed by atoms with Gasteiger partial charge in [-0.25, -0.2) is 13.1 Å². The largest absolute Gasteiger partial charge is 0.497 e. The average Bonchev–Trinajstić information content (AvgIpc) is 2.62. The van der Waals surface area contributed by atoms with Crippen LogP contribution in [0.3, 0.4) is 0 Å². The van der Waals surface area contributed by atoms with Crippen molar-refractivity contribution >= 4 is 21.6 Å². The average molecular weight is 362 g/mol. The zero-order chi connectivity index (χ0) is 18.3. The van der Waals surface area contributed by atoms with Gasteiger partial charge >= 0.3 is 0 Å². The van der Waals surface area contributed by atoms with E-state index in [9.17, 15) is 13.2 Å². The van der Waals surface area contributed by atoms with E-state index in [1.165, 1.54) is 12.1 Å². The zero-order valence-electron chi connectivity index (χ0n) is 14.3. The van der Waals surface area contributed by atoms with Crippen molar-refractivity contribution in [1.29, 1.82) is 0 Å². The Labute approximate surface area is 148 Å². The Morgan fingerprint density at radius 2 is 1.88 bits per heavy atom. The SMILES string of the molecule is CCCCNS(=O)(=O)c1cccc(C(=O)Nc2cccc(OC)c2)c1. The van der Waals surface area contributed by atoms with Crippen LogP contribution in [0.15, 0.2) is 53.4 Å². The smallest absolute Gasteiger partial charge is 0.255 e. The summed E-state index contributed by atoms with van der Waals surface area (Å²) in [6.45, 7) is 2.36. The first-order valence-corrected chi connectivity index (χ1v) is 9.49. The van der Waals surface area contributed by atoms with E-state index in [0.717, 1.165) is 12.8 Å². The van der Waals surface area contributed by atoms with Gasteiger partial charge in [0, 0.05) is 23.9 Å². The molecule has 7 heteroatoms. The van der Waals surface area contributed by atoms with Crippen LogP contribution in [-0.2, 0) is 10.0 Å². The molecule has 0 aliphatic heterocycles. The minimum absolute atomic E-state index is 0.0712. The number of ether oxygens (including phenoxy) is 1. The Kier molecular flexibility index (Phi) is 6.55. The highest BCUT2D eigenvalue weighted by molar-refractivity contribution is 7.89. The fraction of sp³-hybridized carbons (Fsp3) is 0.278. The van der Waals surface area contributed by atoms with Crippen LogP contribution in [0.5, 0.6) is 5.75 Å². The molecule has 0 fully saturated rings. The van der Waals surface area contributed by atoms with Gasteiger partial charge in [-0.3, -0.25) is 4.79 Å². The summed E-state index contributed by atoms with van der Waals surface area (Å²) in [6.07, 6.45) is 1.65. The van der Waals surface area contributed by atoms with Crippen LogP contribution < -0.4 is 14.8 Å². The maximum Gasteiger partial charge on any atom is 0.255 e. The Bertz CT molecular complexity index is 834.